The Balaban J connectivity index is 1.84. The predicted octanol–water partition coefficient (Wildman–Crippen LogP) is 6.02. The number of fused-ring (bicyclic) bond motifs is 1. The molecule has 1 aromatic heterocycles. The maximum absolute atomic E-state index is 15.1. The zero-order valence-corrected chi connectivity index (χ0v) is 22.6. The van der Waals surface area contributed by atoms with Crippen LogP contribution in [0.3, 0.4) is 0 Å². The Bertz CT molecular complexity index is 1640. The molecule has 4 aromatic rings. The lowest BCUT2D eigenvalue weighted by atomic mass is 10.0. The maximum Gasteiger partial charge on any atom is 0.337 e. The highest BCUT2D eigenvalue weighted by atomic mass is 35.5. The predicted molar refractivity (Wildman–Crippen MR) is 143 cm³/mol. The first-order chi connectivity index (χ1) is 18.1. The van der Waals surface area contributed by atoms with Crippen LogP contribution in [-0.2, 0) is 21.2 Å². The molecule has 0 atom stereocenters. The first kappa shape index (κ1) is 27.8. The van der Waals surface area contributed by atoms with Gasteiger partial charge in [0.05, 0.1) is 30.5 Å². The van der Waals surface area contributed by atoms with Gasteiger partial charge in [-0.15, -0.1) is 11.3 Å². The van der Waals surface area contributed by atoms with Crippen molar-refractivity contribution in [3.63, 3.8) is 0 Å². The third kappa shape index (κ3) is 5.32. The Kier molecular flexibility index (Phi) is 8.22. The van der Waals surface area contributed by atoms with Crippen LogP contribution in [0.2, 0.25) is 5.02 Å². The summed E-state index contributed by atoms with van der Waals surface area (Å²) >= 11 is 7.41. The van der Waals surface area contributed by atoms with Gasteiger partial charge in [-0.25, -0.2) is 22.0 Å². The zero-order chi connectivity index (χ0) is 27.6. The minimum Gasteiger partial charge on any atom is -0.494 e. The number of esters is 1. The van der Waals surface area contributed by atoms with Gasteiger partial charge in [-0.1, -0.05) is 29.8 Å². The number of hydrogen-bond acceptors (Lipinski definition) is 7. The summed E-state index contributed by atoms with van der Waals surface area (Å²) in [4.78, 5) is 12.0. The van der Waals surface area contributed by atoms with E-state index in [0.29, 0.717) is 23.8 Å². The van der Waals surface area contributed by atoms with Crippen LogP contribution in [0.25, 0.3) is 20.5 Å². The third-order valence-corrected chi connectivity index (χ3v) is 8.65. The summed E-state index contributed by atoms with van der Waals surface area (Å²) in [6, 6.07) is 11.2. The summed E-state index contributed by atoms with van der Waals surface area (Å²) in [7, 11) is -2.28. The van der Waals surface area contributed by atoms with Gasteiger partial charge in [-0.3, -0.25) is 4.72 Å². The van der Waals surface area contributed by atoms with Gasteiger partial charge in [-0.05, 0) is 48.1 Å². The fourth-order valence-corrected chi connectivity index (χ4v) is 6.92. The molecule has 4 rings (SSSR count). The number of anilines is 1. The fourth-order valence-electron chi connectivity index (χ4n) is 4.02. The molecule has 2 N–H and O–H groups in total. The summed E-state index contributed by atoms with van der Waals surface area (Å²) in [5.41, 5.74) is 0.0658. The van der Waals surface area contributed by atoms with Crippen LogP contribution in [0, 0.1) is 11.6 Å². The van der Waals surface area contributed by atoms with Gasteiger partial charge in [0.1, 0.15) is 16.5 Å². The highest BCUT2D eigenvalue weighted by Crippen LogP contribution is 2.42. The SMILES string of the molecule is COC(=O)c1cc(Cl)c(OC)c(S(=O)(=O)Nc2cc(-c3sc4ccccc4c3CCCO)c(F)cc2F)c1. The van der Waals surface area contributed by atoms with Crippen LogP contribution in [-0.4, -0.2) is 40.3 Å². The van der Waals surface area contributed by atoms with Crippen molar-refractivity contribution in [1.29, 1.82) is 0 Å². The Hall–Kier alpha value is -3.25. The molecule has 0 saturated heterocycles. The Labute approximate surface area is 226 Å². The number of carbonyl (C=O) groups is 1. The molecular formula is C26H22ClF2NO6S2. The molecule has 0 saturated carbocycles. The topological polar surface area (TPSA) is 102 Å². The summed E-state index contributed by atoms with van der Waals surface area (Å²) in [5.74, 6) is -3.15. The smallest absolute Gasteiger partial charge is 0.337 e. The van der Waals surface area contributed by atoms with Crippen LogP contribution < -0.4 is 9.46 Å². The number of aliphatic hydroxyl groups is 1. The van der Waals surface area contributed by atoms with Crippen molar-refractivity contribution in [3.8, 4) is 16.2 Å². The minimum absolute atomic E-state index is 0.00783. The molecule has 0 unspecified atom stereocenters. The Morgan fingerprint density at radius 3 is 2.53 bits per heavy atom. The molecule has 3 aromatic carbocycles. The third-order valence-electron chi connectivity index (χ3n) is 5.75. The van der Waals surface area contributed by atoms with Gasteiger partial charge >= 0.3 is 5.97 Å². The first-order valence-electron chi connectivity index (χ1n) is 11.2. The van der Waals surface area contributed by atoms with E-state index in [4.69, 9.17) is 16.3 Å². The van der Waals surface area contributed by atoms with Crippen LogP contribution >= 0.6 is 22.9 Å². The first-order valence-corrected chi connectivity index (χ1v) is 13.9. The van der Waals surface area contributed by atoms with Crippen LogP contribution in [0.15, 0.2) is 53.4 Å². The Morgan fingerprint density at radius 1 is 1.11 bits per heavy atom. The quantitative estimate of drug-likeness (QED) is 0.234. The molecule has 1 heterocycles. The number of aryl methyl sites for hydroxylation is 1. The number of methoxy groups -OCH3 is 2. The highest BCUT2D eigenvalue weighted by Gasteiger charge is 2.27. The van der Waals surface area contributed by atoms with E-state index in [1.54, 1.807) is 0 Å². The van der Waals surface area contributed by atoms with E-state index >= 15 is 4.39 Å². The van der Waals surface area contributed by atoms with Gasteiger partial charge in [-0.2, -0.15) is 0 Å². The van der Waals surface area contributed by atoms with Gasteiger partial charge in [0, 0.05) is 27.8 Å². The molecule has 0 aliphatic heterocycles. The normalized spacial score (nSPS) is 11.5. The number of nitrogens with one attached hydrogen (secondary N) is 1. The van der Waals surface area contributed by atoms with Crippen molar-refractivity contribution in [1.82, 2.24) is 0 Å². The lowest BCUT2D eigenvalue weighted by Crippen LogP contribution is -2.16. The van der Waals surface area contributed by atoms with Crippen LogP contribution in [0.4, 0.5) is 14.5 Å². The highest BCUT2D eigenvalue weighted by molar-refractivity contribution is 7.92. The number of sulfonamides is 1. The number of aliphatic hydroxyl groups excluding tert-OH is 1. The van der Waals surface area contributed by atoms with Crippen molar-refractivity contribution in [2.24, 2.45) is 0 Å². The molecule has 0 radical (unpaired) electrons. The number of hydrogen-bond donors (Lipinski definition) is 2. The average molecular weight is 582 g/mol. The van der Waals surface area contributed by atoms with E-state index in [9.17, 15) is 22.7 Å². The van der Waals surface area contributed by atoms with Crippen molar-refractivity contribution < 1.29 is 36.6 Å². The number of halogens is 3. The van der Waals surface area contributed by atoms with Crippen molar-refractivity contribution in [2.45, 2.75) is 17.7 Å². The van der Waals surface area contributed by atoms with Crippen LogP contribution in [0.1, 0.15) is 22.3 Å². The second-order valence-electron chi connectivity index (χ2n) is 8.13. The molecule has 0 amide bonds. The number of ether oxygens (including phenoxy) is 2. The van der Waals surface area contributed by atoms with E-state index in [0.717, 1.165) is 34.9 Å². The van der Waals surface area contributed by atoms with Crippen molar-refractivity contribution in [3.05, 3.63) is 76.3 Å². The second kappa shape index (κ2) is 11.2. The fraction of sp³-hybridized carbons (Fsp3) is 0.192. The summed E-state index contributed by atoms with van der Waals surface area (Å²) in [6.45, 7) is -0.0738. The van der Waals surface area contributed by atoms with Gasteiger partial charge in [0.2, 0.25) is 0 Å². The standard InChI is InChI=1S/C26H22ClF2NO6S2/c1-35-24-18(27)10-14(26(32)36-2)11-23(24)38(33,34)30-21-12-17(19(28)13-20(21)29)25-16(7-5-9-31)15-6-3-4-8-22(15)37-25/h3-4,6,8,10-13,30-31H,5,7,9H2,1-2H3. The molecule has 38 heavy (non-hydrogen) atoms. The molecule has 12 heteroatoms. The molecule has 0 bridgehead atoms. The maximum atomic E-state index is 15.1. The average Bonchev–Trinajstić information content (AvgIpc) is 3.26. The van der Waals surface area contributed by atoms with E-state index in [1.807, 2.05) is 24.3 Å². The molecule has 7 nitrogen and oxygen atoms in total. The molecule has 200 valence electrons. The second-order valence-corrected chi connectivity index (χ2v) is 11.2. The summed E-state index contributed by atoms with van der Waals surface area (Å²) in [6.07, 6.45) is 0.858. The monoisotopic (exact) mass is 581 g/mol. The summed E-state index contributed by atoms with van der Waals surface area (Å²) in [5, 5.41) is 10.0. The largest absolute Gasteiger partial charge is 0.494 e. The lowest BCUT2D eigenvalue weighted by Gasteiger charge is -2.15. The molecular weight excluding hydrogens is 560 g/mol. The summed E-state index contributed by atoms with van der Waals surface area (Å²) < 4.78 is 69.4. The molecule has 0 fully saturated rings. The molecule has 0 spiro atoms. The Morgan fingerprint density at radius 2 is 1.84 bits per heavy atom. The molecule has 0 aliphatic carbocycles. The number of thiophene rings is 1. The lowest BCUT2D eigenvalue weighted by molar-refractivity contribution is 0.0600. The van der Waals surface area contributed by atoms with Gasteiger partial charge < -0.3 is 14.6 Å². The molecule has 0 aliphatic rings. The van der Waals surface area contributed by atoms with E-state index in [1.165, 1.54) is 24.5 Å². The number of rotatable bonds is 9. The van der Waals surface area contributed by atoms with Crippen molar-refractivity contribution >= 4 is 54.7 Å². The van der Waals surface area contributed by atoms with E-state index in [2.05, 4.69) is 9.46 Å². The van der Waals surface area contributed by atoms with Gasteiger partial charge in [0.15, 0.2) is 5.75 Å². The zero-order valence-electron chi connectivity index (χ0n) is 20.2. The van der Waals surface area contributed by atoms with E-state index in [-0.39, 0.29) is 28.5 Å². The number of benzene rings is 3. The van der Waals surface area contributed by atoms with Crippen molar-refractivity contribution in [2.75, 3.05) is 25.5 Å². The van der Waals surface area contributed by atoms with Crippen LogP contribution in [0.5, 0.6) is 5.75 Å². The van der Waals surface area contributed by atoms with Gasteiger partial charge in [0.25, 0.3) is 10.0 Å². The van der Waals surface area contributed by atoms with E-state index < -0.39 is 38.2 Å². The number of carbonyl (C=O) groups excluding carboxylic acids is 1. The minimum atomic E-state index is -4.59.